The maximum atomic E-state index is 10.7. The lowest BCUT2D eigenvalue weighted by Crippen LogP contribution is -1.87. The minimum absolute atomic E-state index is 0.0283. The number of allylic oxidation sites excluding steroid dienone is 1. The Bertz CT molecular complexity index is 182. The first kappa shape index (κ1) is 8.42. The molecule has 0 saturated carbocycles. The van der Waals surface area contributed by atoms with Gasteiger partial charge in [-0.2, -0.15) is 5.26 Å². The second-order valence-electron chi connectivity index (χ2n) is 1.63. The molecule has 4 heteroatoms. The second kappa shape index (κ2) is 3.45. The van der Waals surface area contributed by atoms with Crippen molar-refractivity contribution >= 4 is 7.37 Å². The van der Waals surface area contributed by atoms with Crippen LogP contribution in [0.4, 0.5) is 0 Å². The smallest absolute Gasteiger partial charge is 0.217 e. The zero-order chi connectivity index (χ0) is 7.33. The summed E-state index contributed by atoms with van der Waals surface area (Å²) >= 11 is 0. The molecule has 0 aromatic heterocycles. The Morgan fingerprint density at radius 3 is 2.78 bits per heavy atom. The zero-order valence-electron chi connectivity index (χ0n) is 4.95. The molecule has 1 unspecified atom stereocenters. The van der Waals surface area contributed by atoms with Gasteiger partial charge in [-0.3, -0.25) is 4.57 Å². The van der Waals surface area contributed by atoms with E-state index in [0.717, 1.165) is 0 Å². The average Bonchev–Trinajstić information content (AvgIpc) is 1.64. The van der Waals surface area contributed by atoms with Crippen LogP contribution in [0.3, 0.4) is 0 Å². The molecule has 0 saturated heterocycles. The summed E-state index contributed by atoms with van der Waals surface area (Å²) < 4.78 is 10.7. The summed E-state index contributed by atoms with van der Waals surface area (Å²) in [6, 6.07) is 1.63. The lowest BCUT2D eigenvalue weighted by atomic mass is 10.8. The van der Waals surface area contributed by atoms with Gasteiger partial charge in [-0.25, -0.2) is 0 Å². The monoisotopic (exact) mass is 145 g/mol. The van der Waals surface area contributed by atoms with Gasteiger partial charge in [-0.05, 0) is 0 Å². The van der Waals surface area contributed by atoms with Crippen LogP contribution in [0.2, 0.25) is 0 Å². The third kappa shape index (κ3) is 3.96. The lowest BCUT2D eigenvalue weighted by Gasteiger charge is -2.00. The molecule has 0 rings (SSSR count). The first-order chi connectivity index (χ1) is 4.12. The fourth-order valence-corrected chi connectivity index (χ4v) is 1.13. The van der Waals surface area contributed by atoms with Crippen molar-refractivity contribution in [1.82, 2.24) is 0 Å². The van der Waals surface area contributed by atoms with E-state index in [1.54, 1.807) is 6.07 Å². The molecule has 50 valence electrons. The van der Waals surface area contributed by atoms with E-state index in [2.05, 4.69) is 6.58 Å². The van der Waals surface area contributed by atoms with Gasteiger partial charge in [0, 0.05) is 6.16 Å². The molecule has 0 spiro atoms. The predicted octanol–water partition coefficient (Wildman–Crippen LogP) is 0.966. The van der Waals surface area contributed by atoms with E-state index in [-0.39, 0.29) is 12.3 Å². The predicted molar refractivity (Wildman–Crippen MR) is 35.4 cm³/mol. The molecule has 0 aliphatic heterocycles. The van der Waals surface area contributed by atoms with Gasteiger partial charge in [0.05, 0.1) is 6.07 Å². The van der Waals surface area contributed by atoms with Gasteiger partial charge >= 0.3 is 0 Å². The maximum absolute atomic E-state index is 10.7. The van der Waals surface area contributed by atoms with Crippen LogP contribution < -0.4 is 0 Å². The summed E-state index contributed by atoms with van der Waals surface area (Å²) in [5.74, 6) is 0. The van der Waals surface area contributed by atoms with Crippen LogP contribution in [0.1, 0.15) is 0 Å². The van der Waals surface area contributed by atoms with Gasteiger partial charge in [-0.1, -0.05) is 6.08 Å². The Morgan fingerprint density at radius 1 is 1.89 bits per heavy atom. The van der Waals surface area contributed by atoms with E-state index < -0.39 is 7.37 Å². The fourth-order valence-electron chi connectivity index (χ4n) is 0.377. The van der Waals surface area contributed by atoms with Crippen molar-refractivity contribution in [3.63, 3.8) is 0 Å². The van der Waals surface area contributed by atoms with Crippen LogP contribution in [0.5, 0.6) is 0 Å². The Balaban J connectivity index is 3.90. The minimum atomic E-state index is -3.17. The zero-order valence-corrected chi connectivity index (χ0v) is 5.84. The summed E-state index contributed by atoms with van der Waals surface area (Å²) in [5, 5.41) is 8.01. The molecular weight excluding hydrogens is 137 g/mol. The van der Waals surface area contributed by atoms with Gasteiger partial charge in [-0.15, -0.1) is 6.58 Å². The summed E-state index contributed by atoms with van der Waals surface area (Å²) in [5.41, 5.74) is 0. The Morgan fingerprint density at radius 2 is 2.44 bits per heavy atom. The molecule has 0 radical (unpaired) electrons. The molecule has 0 fully saturated rings. The van der Waals surface area contributed by atoms with Gasteiger partial charge < -0.3 is 4.89 Å². The molecule has 0 amide bonds. The number of nitrogens with zero attached hydrogens (tertiary/aromatic N) is 1. The largest absolute Gasteiger partial charge is 0.343 e. The molecule has 3 nitrogen and oxygen atoms in total. The first-order valence-corrected chi connectivity index (χ1v) is 4.44. The highest BCUT2D eigenvalue weighted by atomic mass is 31.2. The van der Waals surface area contributed by atoms with Crippen molar-refractivity contribution in [2.45, 2.75) is 0 Å². The molecule has 1 N–H and O–H groups in total. The van der Waals surface area contributed by atoms with Crippen molar-refractivity contribution in [2.75, 3.05) is 12.3 Å². The molecular formula is C5H8NO2P. The molecule has 1 atom stereocenters. The molecule has 0 aliphatic carbocycles. The van der Waals surface area contributed by atoms with E-state index in [9.17, 15) is 4.57 Å². The summed E-state index contributed by atoms with van der Waals surface area (Å²) in [6.07, 6.45) is 1.09. The number of rotatable bonds is 3. The van der Waals surface area contributed by atoms with Crippen molar-refractivity contribution in [3.05, 3.63) is 12.7 Å². The third-order valence-electron chi connectivity index (χ3n) is 0.732. The fraction of sp³-hybridized carbons (Fsp3) is 0.400. The summed E-state index contributed by atoms with van der Waals surface area (Å²) in [7, 11) is -3.17. The summed E-state index contributed by atoms with van der Waals surface area (Å²) in [4.78, 5) is 8.78. The van der Waals surface area contributed by atoms with Crippen molar-refractivity contribution in [2.24, 2.45) is 0 Å². The minimum Gasteiger partial charge on any atom is -0.343 e. The SMILES string of the molecule is C=CCP(=O)(O)CC#N. The topological polar surface area (TPSA) is 61.1 Å². The van der Waals surface area contributed by atoms with E-state index in [1.165, 1.54) is 6.08 Å². The molecule has 0 heterocycles. The second-order valence-corrected chi connectivity index (χ2v) is 4.01. The number of hydrogen-bond acceptors (Lipinski definition) is 2. The van der Waals surface area contributed by atoms with Gasteiger partial charge in [0.1, 0.15) is 6.16 Å². The quantitative estimate of drug-likeness (QED) is 0.475. The van der Waals surface area contributed by atoms with Gasteiger partial charge in [0.2, 0.25) is 7.37 Å². The third-order valence-corrected chi connectivity index (χ3v) is 2.20. The lowest BCUT2D eigenvalue weighted by molar-refractivity contribution is 0.485. The Labute approximate surface area is 54.1 Å². The Kier molecular flexibility index (Phi) is 3.22. The van der Waals surface area contributed by atoms with Crippen LogP contribution in [-0.4, -0.2) is 17.2 Å². The highest BCUT2D eigenvalue weighted by molar-refractivity contribution is 7.58. The first-order valence-electron chi connectivity index (χ1n) is 2.41. The van der Waals surface area contributed by atoms with Gasteiger partial charge in [0.15, 0.2) is 0 Å². The van der Waals surface area contributed by atoms with Crippen molar-refractivity contribution < 1.29 is 9.46 Å². The highest BCUT2D eigenvalue weighted by Crippen LogP contribution is 2.38. The van der Waals surface area contributed by atoms with Crippen LogP contribution in [0.25, 0.3) is 0 Å². The average molecular weight is 145 g/mol. The van der Waals surface area contributed by atoms with Crippen LogP contribution in [0.15, 0.2) is 12.7 Å². The highest BCUT2D eigenvalue weighted by Gasteiger charge is 2.13. The van der Waals surface area contributed by atoms with Crippen molar-refractivity contribution in [1.29, 1.82) is 5.26 Å². The Hall–Kier alpha value is -0.580. The molecule has 0 aliphatic rings. The van der Waals surface area contributed by atoms with Gasteiger partial charge in [0.25, 0.3) is 0 Å². The van der Waals surface area contributed by atoms with Crippen LogP contribution in [-0.2, 0) is 4.57 Å². The standard InChI is InChI=1S/C5H8NO2P/c1-2-4-9(7,8)5-3-6/h2H,1,4-5H2,(H,7,8). The normalized spacial score (nSPS) is 15.6. The molecule has 0 bridgehead atoms. The number of hydrogen-bond donors (Lipinski definition) is 1. The van der Waals surface area contributed by atoms with Crippen LogP contribution >= 0.6 is 7.37 Å². The summed E-state index contributed by atoms with van der Waals surface area (Å²) in [6.45, 7) is 3.29. The molecule has 9 heavy (non-hydrogen) atoms. The van der Waals surface area contributed by atoms with E-state index in [4.69, 9.17) is 10.2 Å². The molecule has 0 aromatic carbocycles. The van der Waals surface area contributed by atoms with E-state index >= 15 is 0 Å². The van der Waals surface area contributed by atoms with Crippen molar-refractivity contribution in [3.8, 4) is 6.07 Å². The van der Waals surface area contributed by atoms with Crippen LogP contribution in [0, 0.1) is 11.3 Å². The molecule has 0 aromatic rings. The maximum Gasteiger partial charge on any atom is 0.217 e. The van der Waals surface area contributed by atoms with E-state index in [0.29, 0.717) is 0 Å². The number of nitriles is 1. The van der Waals surface area contributed by atoms with E-state index in [1.807, 2.05) is 0 Å².